The number of aromatic nitrogens is 1. The summed E-state index contributed by atoms with van der Waals surface area (Å²) in [5.74, 6) is 0. The van der Waals surface area contributed by atoms with E-state index in [2.05, 4.69) is 4.98 Å². The van der Waals surface area contributed by atoms with E-state index in [-0.39, 0.29) is 11.3 Å². The fraction of sp³-hybridized carbons (Fsp3) is 0.286. The summed E-state index contributed by atoms with van der Waals surface area (Å²) in [7, 11) is -2.28. The van der Waals surface area contributed by atoms with Crippen LogP contribution in [0.1, 0.15) is 13.3 Å². The Balaban J connectivity index is 2.61. The summed E-state index contributed by atoms with van der Waals surface area (Å²) in [4.78, 5) is 4.24. The third-order valence-electron chi connectivity index (χ3n) is 3.43. The van der Waals surface area contributed by atoms with Crippen molar-refractivity contribution in [2.24, 2.45) is 0 Å². The van der Waals surface area contributed by atoms with Crippen LogP contribution in [-0.2, 0) is 10.0 Å². The molecule has 0 aliphatic heterocycles. The Bertz CT molecular complexity index is 811. The molecular weight excluding hydrogens is 288 g/mol. The lowest BCUT2D eigenvalue weighted by atomic mass is 10.2. The van der Waals surface area contributed by atoms with E-state index in [0.29, 0.717) is 16.6 Å². The van der Waals surface area contributed by atoms with Gasteiger partial charge in [0, 0.05) is 30.4 Å². The molecule has 0 radical (unpaired) electrons. The molecule has 1 heterocycles. The summed E-state index contributed by atoms with van der Waals surface area (Å²) < 4.78 is 26.6. The van der Waals surface area contributed by atoms with Crippen molar-refractivity contribution >= 4 is 26.6 Å². The van der Waals surface area contributed by atoms with Crippen LogP contribution >= 0.6 is 0 Å². The second kappa shape index (κ2) is 5.68. The maximum Gasteiger partial charge on any atom is 0.245 e. The van der Waals surface area contributed by atoms with Gasteiger partial charge < -0.3 is 5.73 Å². The minimum absolute atomic E-state index is 0.0968. The monoisotopic (exact) mass is 304 g/mol. The highest BCUT2D eigenvalue weighted by atomic mass is 32.2. The fourth-order valence-corrected chi connectivity index (χ4v) is 3.54. The molecule has 7 heteroatoms. The Labute approximate surface area is 123 Å². The van der Waals surface area contributed by atoms with Crippen LogP contribution in [0.15, 0.2) is 35.4 Å². The molecule has 2 N–H and O–H groups in total. The SMILES string of the molecule is CC(CC#N)N(C)S(=O)(=O)c1ccc(N)c2cccnc12. The topological polar surface area (TPSA) is 100 Å². The molecule has 2 aromatic rings. The maximum atomic E-state index is 12.7. The highest BCUT2D eigenvalue weighted by Gasteiger charge is 2.27. The zero-order valence-electron chi connectivity index (χ0n) is 11.8. The van der Waals surface area contributed by atoms with E-state index in [4.69, 9.17) is 11.0 Å². The molecular formula is C14H16N4O2S. The lowest BCUT2D eigenvalue weighted by molar-refractivity contribution is 0.393. The molecule has 0 fully saturated rings. The smallest absolute Gasteiger partial charge is 0.245 e. The first-order valence-electron chi connectivity index (χ1n) is 6.37. The summed E-state index contributed by atoms with van der Waals surface area (Å²) in [5.41, 5.74) is 6.68. The molecule has 6 nitrogen and oxygen atoms in total. The Morgan fingerprint density at radius 3 is 2.81 bits per heavy atom. The Morgan fingerprint density at radius 2 is 2.14 bits per heavy atom. The predicted octanol–water partition coefficient (Wildman–Crippen LogP) is 1.74. The van der Waals surface area contributed by atoms with Gasteiger partial charge in [-0.2, -0.15) is 9.57 Å². The second-order valence-electron chi connectivity index (χ2n) is 4.79. The largest absolute Gasteiger partial charge is 0.398 e. The molecule has 0 aliphatic rings. The number of hydrogen-bond donors (Lipinski definition) is 1. The number of anilines is 1. The van der Waals surface area contributed by atoms with Gasteiger partial charge in [-0.25, -0.2) is 8.42 Å². The molecule has 1 aromatic carbocycles. The van der Waals surface area contributed by atoms with Gasteiger partial charge in [0.25, 0.3) is 0 Å². The Morgan fingerprint density at radius 1 is 1.43 bits per heavy atom. The van der Waals surface area contributed by atoms with E-state index >= 15 is 0 Å². The molecule has 21 heavy (non-hydrogen) atoms. The van der Waals surface area contributed by atoms with Crippen LogP contribution in [0.3, 0.4) is 0 Å². The van der Waals surface area contributed by atoms with Crippen LogP contribution < -0.4 is 5.73 Å². The number of nitrogens with two attached hydrogens (primary N) is 1. The molecule has 0 saturated carbocycles. The summed E-state index contributed by atoms with van der Waals surface area (Å²) in [5, 5.41) is 9.33. The van der Waals surface area contributed by atoms with Crippen LogP contribution in [0.4, 0.5) is 5.69 Å². The molecule has 1 unspecified atom stereocenters. The van der Waals surface area contributed by atoms with Crippen LogP contribution in [0, 0.1) is 11.3 Å². The van der Waals surface area contributed by atoms with Crippen molar-refractivity contribution in [2.75, 3.05) is 12.8 Å². The van der Waals surface area contributed by atoms with Crippen LogP contribution in [0.25, 0.3) is 10.9 Å². The first-order valence-corrected chi connectivity index (χ1v) is 7.81. The normalized spacial score (nSPS) is 13.2. The number of sulfonamides is 1. The van der Waals surface area contributed by atoms with Gasteiger partial charge >= 0.3 is 0 Å². The lowest BCUT2D eigenvalue weighted by Crippen LogP contribution is -2.35. The van der Waals surface area contributed by atoms with E-state index in [9.17, 15) is 8.42 Å². The third kappa shape index (κ3) is 2.68. The van der Waals surface area contributed by atoms with Gasteiger partial charge in [0.15, 0.2) is 0 Å². The highest BCUT2D eigenvalue weighted by molar-refractivity contribution is 7.89. The number of benzene rings is 1. The summed E-state index contributed by atoms with van der Waals surface area (Å²) in [6.07, 6.45) is 1.65. The lowest BCUT2D eigenvalue weighted by Gasteiger charge is -2.23. The van der Waals surface area contributed by atoms with Crippen molar-refractivity contribution in [3.05, 3.63) is 30.5 Å². The highest BCUT2D eigenvalue weighted by Crippen LogP contribution is 2.28. The summed E-state index contributed by atoms with van der Waals surface area (Å²) in [6.45, 7) is 1.69. The standard InChI is InChI=1S/C14H16N4O2S/c1-10(7-8-15)18(2)21(19,20)13-6-5-12(16)11-4-3-9-17-14(11)13/h3-6,9-10H,7,16H2,1-2H3. The molecule has 0 amide bonds. The van der Waals surface area contributed by atoms with Gasteiger partial charge in [0.1, 0.15) is 4.90 Å². The van der Waals surface area contributed by atoms with Gasteiger partial charge in [-0.05, 0) is 31.2 Å². The van der Waals surface area contributed by atoms with Gasteiger partial charge in [0.05, 0.1) is 18.0 Å². The van der Waals surface area contributed by atoms with E-state index in [0.717, 1.165) is 0 Å². The number of fused-ring (bicyclic) bond motifs is 1. The molecule has 0 bridgehead atoms. The minimum atomic E-state index is -3.74. The second-order valence-corrected chi connectivity index (χ2v) is 6.75. The van der Waals surface area contributed by atoms with E-state index < -0.39 is 16.1 Å². The Kier molecular flexibility index (Phi) is 4.11. The Hall–Kier alpha value is -2.17. The zero-order valence-corrected chi connectivity index (χ0v) is 12.6. The first-order chi connectivity index (χ1) is 9.89. The van der Waals surface area contributed by atoms with E-state index in [1.807, 2.05) is 6.07 Å². The fourth-order valence-electron chi connectivity index (χ4n) is 2.03. The molecule has 0 spiro atoms. The minimum Gasteiger partial charge on any atom is -0.398 e. The van der Waals surface area contributed by atoms with Crippen molar-refractivity contribution in [3.63, 3.8) is 0 Å². The van der Waals surface area contributed by atoms with E-state index in [1.165, 1.54) is 23.6 Å². The number of nitrogen functional groups attached to an aromatic ring is 1. The molecule has 110 valence electrons. The van der Waals surface area contributed by atoms with Gasteiger partial charge in [-0.15, -0.1) is 0 Å². The van der Waals surface area contributed by atoms with Gasteiger partial charge in [-0.1, -0.05) is 0 Å². The maximum absolute atomic E-state index is 12.7. The van der Waals surface area contributed by atoms with Crippen molar-refractivity contribution in [3.8, 4) is 6.07 Å². The van der Waals surface area contributed by atoms with Gasteiger partial charge in [-0.3, -0.25) is 4.98 Å². The number of hydrogen-bond acceptors (Lipinski definition) is 5. The number of pyridine rings is 1. The summed E-state index contributed by atoms with van der Waals surface area (Å²) >= 11 is 0. The van der Waals surface area contributed by atoms with E-state index in [1.54, 1.807) is 25.1 Å². The number of nitriles is 1. The van der Waals surface area contributed by atoms with Crippen molar-refractivity contribution in [1.29, 1.82) is 5.26 Å². The molecule has 1 aromatic heterocycles. The molecule has 0 saturated heterocycles. The zero-order chi connectivity index (χ0) is 15.6. The summed E-state index contributed by atoms with van der Waals surface area (Å²) in [6, 6.07) is 8.00. The third-order valence-corrected chi connectivity index (χ3v) is 5.43. The van der Waals surface area contributed by atoms with Crippen LogP contribution in [0.2, 0.25) is 0 Å². The average molecular weight is 304 g/mol. The van der Waals surface area contributed by atoms with Gasteiger partial charge in [0.2, 0.25) is 10.0 Å². The number of nitrogens with zero attached hydrogens (tertiary/aromatic N) is 3. The first kappa shape index (κ1) is 15.2. The average Bonchev–Trinajstić information content (AvgIpc) is 2.47. The quantitative estimate of drug-likeness (QED) is 0.867. The molecule has 2 rings (SSSR count). The number of rotatable bonds is 4. The van der Waals surface area contributed by atoms with Crippen LogP contribution in [-0.4, -0.2) is 30.8 Å². The van der Waals surface area contributed by atoms with Crippen LogP contribution in [0.5, 0.6) is 0 Å². The van der Waals surface area contributed by atoms with Crippen molar-refractivity contribution in [1.82, 2.24) is 9.29 Å². The molecule has 1 atom stereocenters. The predicted molar refractivity (Wildman–Crippen MR) is 80.8 cm³/mol. The van der Waals surface area contributed by atoms with Crippen molar-refractivity contribution in [2.45, 2.75) is 24.3 Å². The molecule has 0 aliphatic carbocycles. The van der Waals surface area contributed by atoms with Crippen molar-refractivity contribution < 1.29 is 8.42 Å².